The van der Waals surface area contributed by atoms with E-state index in [-0.39, 0.29) is 24.5 Å². The number of benzene rings is 1. The molecule has 0 saturated carbocycles. The zero-order valence-corrected chi connectivity index (χ0v) is 11.2. The molecule has 1 aromatic rings. The van der Waals surface area contributed by atoms with E-state index in [2.05, 4.69) is 38.2 Å². The molecule has 1 amide bonds. The van der Waals surface area contributed by atoms with E-state index in [1.54, 1.807) is 0 Å². The van der Waals surface area contributed by atoms with E-state index in [1.807, 2.05) is 0 Å². The maximum absolute atomic E-state index is 11.2. The van der Waals surface area contributed by atoms with Crippen molar-refractivity contribution in [2.75, 3.05) is 6.61 Å². The van der Waals surface area contributed by atoms with Gasteiger partial charge in [-0.25, -0.2) is 4.79 Å². The molecule has 4 heteroatoms. The Morgan fingerprint density at radius 1 is 1.24 bits per heavy atom. The average Bonchev–Trinajstić information content (AvgIpc) is 2.15. The molecule has 1 aromatic carbocycles. The lowest BCUT2D eigenvalue weighted by Gasteiger charge is -2.26. The van der Waals surface area contributed by atoms with Gasteiger partial charge in [-0.2, -0.15) is 0 Å². The van der Waals surface area contributed by atoms with Crippen LogP contribution in [0.15, 0.2) is 12.1 Å². The van der Waals surface area contributed by atoms with Crippen molar-refractivity contribution in [1.29, 1.82) is 0 Å². The van der Waals surface area contributed by atoms with Crippen molar-refractivity contribution in [3.05, 3.63) is 34.4 Å². The number of carbonyl (C=O) groups is 1. The number of carbonyl (C=O) groups excluding carboxylic acids is 1. The summed E-state index contributed by atoms with van der Waals surface area (Å²) in [6, 6.07) is 4.41. The molecule has 0 aliphatic carbocycles. The number of halogens is 1. The van der Waals surface area contributed by atoms with Crippen LogP contribution in [-0.4, -0.2) is 12.7 Å². The lowest BCUT2D eigenvalue weighted by molar-refractivity contribution is 0.115. The summed E-state index contributed by atoms with van der Waals surface area (Å²) in [6.07, 6.45) is 0.534. The van der Waals surface area contributed by atoms with Gasteiger partial charge in [-0.1, -0.05) is 17.7 Å². The Balaban J connectivity index is 0.00000144. The fourth-order valence-corrected chi connectivity index (χ4v) is 2.48. The summed E-state index contributed by atoms with van der Waals surface area (Å²) in [5.74, 6) is 0. The number of amides is 1. The third-order valence-corrected chi connectivity index (χ3v) is 3.02. The highest BCUT2D eigenvalue weighted by molar-refractivity contribution is 5.85. The van der Waals surface area contributed by atoms with Crippen LogP contribution < -0.4 is 5.32 Å². The fourth-order valence-electron chi connectivity index (χ4n) is 2.48. The van der Waals surface area contributed by atoms with Gasteiger partial charge in [0.1, 0.15) is 0 Å². The number of hydrogen-bond donors (Lipinski definition) is 1. The van der Waals surface area contributed by atoms with Gasteiger partial charge < -0.3 is 10.1 Å². The van der Waals surface area contributed by atoms with E-state index in [9.17, 15) is 4.79 Å². The third kappa shape index (κ3) is 2.91. The van der Waals surface area contributed by atoms with Crippen molar-refractivity contribution < 1.29 is 9.53 Å². The van der Waals surface area contributed by atoms with Gasteiger partial charge in [-0.15, -0.1) is 12.4 Å². The monoisotopic (exact) mass is 255 g/mol. The molecule has 0 spiro atoms. The van der Waals surface area contributed by atoms with Crippen molar-refractivity contribution in [1.82, 2.24) is 5.32 Å². The van der Waals surface area contributed by atoms with E-state index in [0.29, 0.717) is 6.61 Å². The number of aryl methyl sites for hydroxylation is 3. The third-order valence-electron chi connectivity index (χ3n) is 3.02. The van der Waals surface area contributed by atoms with Crippen LogP contribution in [0.4, 0.5) is 4.79 Å². The lowest BCUT2D eigenvalue weighted by Crippen LogP contribution is -2.36. The van der Waals surface area contributed by atoms with E-state index in [1.165, 1.54) is 22.3 Å². The van der Waals surface area contributed by atoms with Crippen LogP contribution in [0.5, 0.6) is 0 Å². The highest BCUT2D eigenvalue weighted by atomic mass is 35.5. The van der Waals surface area contributed by atoms with Crippen LogP contribution in [0.1, 0.15) is 34.7 Å². The molecular formula is C13H18ClNO2. The zero-order valence-electron chi connectivity index (χ0n) is 10.4. The Kier molecular flexibility index (Phi) is 4.40. The van der Waals surface area contributed by atoms with Gasteiger partial charge in [0.25, 0.3) is 0 Å². The fraction of sp³-hybridized carbons (Fsp3) is 0.462. The van der Waals surface area contributed by atoms with Crippen LogP contribution in [0.2, 0.25) is 0 Å². The Hall–Kier alpha value is -1.22. The second-order valence-corrected chi connectivity index (χ2v) is 4.43. The number of ether oxygens (including phenoxy) is 1. The minimum atomic E-state index is -0.310. The zero-order chi connectivity index (χ0) is 11.7. The maximum Gasteiger partial charge on any atom is 0.407 e. The molecule has 1 aliphatic heterocycles. The van der Waals surface area contributed by atoms with Crippen LogP contribution in [0.3, 0.4) is 0 Å². The van der Waals surface area contributed by atoms with Gasteiger partial charge in [-0.05, 0) is 37.5 Å². The molecule has 17 heavy (non-hydrogen) atoms. The quantitative estimate of drug-likeness (QED) is 0.837. The van der Waals surface area contributed by atoms with E-state index >= 15 is 0 Å². The second kappa shape index (κ2) is 5.41. The van der Waals surface area contributed by atoms with Crippen LogP contribution in [0.25, 0.3) is 0 Å². The number of rotatable bonds is 1. The lowest BCUT2D eigenvalue weighted by atomic mass is 9.92. The topological polar surface area (TPSA) is 38.3 Å². The summed E-state index contributed by atoms with van der Waals surface area (Å²) < 4.78 is 4.88. The number of alkyl carbamates (subject to hydrolysis) is 1. The van der Waals surface area contributed by atoms with Gasteiger partial charge >= 0.3 is 6.09 Å². The molecule has 94 valence electrons. The molecule has 2 rings (SSSR count). The summed E-state index contributed by atoms with van der Waals surface area (Å²) in [5.41, 5.74) is 4.98. The molecule has 1 saturated heterocycles. The second-order valence-electron chi connectivity index (χ2n) is 4.43. The first-order chi connectivity index (χ1) is 7.58. The summed E-state index contributed by atoms with van der Waals surface area (Å²) >= 11 is 0. The number of nitrogens with one attached hydrogen (secondary N) is 1. The number of cyclic esters (lactones) is 1. The van der Waals surface area contributed by atoms with Gasteiger partial charge in [0.15, 0.2) is 0 Å². The Labute approximate surface area is 108 Å². The van der Waals surface area contributed by atoms with Crippen molar-refractivity contribution >= 4 is 18.5 Å². The molecule has 0 unspecified atom stereocenters. The Morgan fingerprint density at radius 3 is 2.35 bits per heavy atom. The minimum absolute atomic E-state index is 0. The van der Waals surface area contributed by atoms with Crippen molar-refractivity contribution in [3.63, 3.8) is 0 Å². The van der Waals surface area contributed by atoms with Gasteiger partial charge in [-0.3, -0.25) is 0 Å². The predicted molar refractivity (Wildman–Crippen MR) is 69.7 cm³/mol. The van der Waals surface area contributed by atoms with E-state index < -0.39 is 0 Å². The smallest absolute Gasteiger partial charge is 0.407 e. The van der Waals surface area contributed by atoms with Crippen molar-refractivity contribution in [2.24, 2.45) is 0 Å². The summed E-state index contributed by atoms with van der Waals surface area (Å²) in [4.78, 5) is 11.2. The Bertz CT molecular complexity index is 408. The van der Waals surface area contributed by atoms with Crippen molar-refractivity contribution in [3.8, 4) is 0 Å². The van der Waals surface area contributed by atoms with Gasteiger partial charge in [0.2, 0.25) is 0 Å². The van der Waals surface area contributed by atoms with E-state index in [0.717, 1.165) is 6.42 Å². The minimum Gasteiger partial charge on any atom is -0.449 e. The molecule has 1 aliphatic rings. The molecule has 3 nitrogen and oxygen atoms in total. The average molecular weight is 256 g/mol. The summed E-state index contributed by atoms with van der Waals surface area (Å²) in [5, 5.41) is 2.87. The van der Waals surface area contributed by atoms with Crippen LogP contribution in [-0.2, 0) is 4.74 Å². The van der Waals surface area contributed by atoms with Gasteiger partial charge in [0.05, 0.1) is 12.6 Å². The van der Waals surface area contributed by atoms with E-state index in [4.69, 9.17) is 4.74 Å². The van der Waals surface area contributed by atoms with Crippen molar-refractivity contribution in [2.45, 2.75) is 33.2 Å². The van der Waals surface area contributed by atoms with Crippen LogP contribution in [0, 0.1) is 20.8 Å². The molecule has 1 fully saturated rings. The first-order valence-corrected chi connectivity index (χ1v) is 5.59. The normalized spacial score (nSPS) is 19.0. The first kappa shape index (κ1) is 13.8. The van der Waals surface area contributed by atoms with Crippen LogP contribution >= 0.6 is 12.4 Å². The predicted octanol–water partition coefficient (Wildman–Crippen LogP) is 3.20. The number of hydrogen-bond acceptors (Lipinski definition) is 2. The first-order valence-electron chi connectivity index (χ1n) is 5.59. The molecule has 0 bridgehead atoms. The molecular weight excluding hydrogens is 238 g/mol. The largest absolute Gasteiger partial charge is 0.449 e. The standard InChI is InChI=1S/C13H17NO2.ClH/c1-8-6-9(2)12(10(3)7-8)11-4-5-16-13(15)14-11;/h6-7,11H,4-5H2,1-3H3,(H,14,15);1H/t11-;/m0./s1. The SMILES string of the molecule is Cc1cc(C)c([C@@H]2CCOC(=O)N2)c(C)c1.Cl. The summed E-state index contributed by atoms with van der Waals surface area (Å²) in [6.45, 7) is 6.78. The highest BCUT2D eigenvalue weighted by Gasteiger charge is 2.23. The Morgan fingerprint density at radius 2 is 1.82 bits per heavy atom. The molecule has 1 heterocycles. The maximum atomic E-state index is 11.2. The van der Waals surface area contributed by atoms with Gasteiger partial charge in [0, 0.05) is 6.42 Å². The molecule has 0 aromatic heterocycles. The summed E-state index contributed by atoms with van der Waals surface area (Å²) in [7, 11) is 0. The molecule has 0 radical (unpaired) electrons. The molecule has 1 atom stereocenters. The molecule has 1 N–H and O–H groups in total. The highest BCUT2D eigenvalue weighted by Crippen LogP contribution is 2.27.